The molecule has 0 spiro atoms. The number of hydrogen-bond acceptors (Lipinski definition) is 7. The Bertz CT molecular complexity index is 1300. The fourth-order valence-electron chi connectivity index (χ4n) is 3.31. The summed E-state index contributed by atoms with van der Waals surface area (Å²) in [7, 11) is -7.52. The van der Waals surface area contributed by atoms with Gasteiger partial charge in [0.05, 0.1) is 23.0 Å². The van der Waals surface area contributed by atoms with Gasteiger partial charge in [0.15, 0.2) is 0 Å². The van der Waals surface area contributed by atoms with Crippen LogP contribution in [0.3, 0.4) is 0 Å². The van der Waals surface area contributed by atoms with Crippen LogP contribution in [0.15, 0.2) is 64.8 Å². The molecular formula is C20H23N5O5S2. The van der Waals surface area contributed by atoms with Crippen molar-refractivity contribution in [3.05, 3.63) is 66.4 Å². The van der Waals surface area contributed by atoms with Crippen molar-refractivity contribution in [3.63, 3.8) is 0 Å². The lowest BCUT2D eigenvalue weighted by molar-refractivity contribution is 0.0730. The molecule has 12 heteroatoms. The van der Waals surface area contributed by atoms with Crippen LogP contribution in [0.4, 0.5) is 0 Å². The first-order valence-corrected chi connectivity index (χ1v) is 12.8. The molecule has 0 aliphatic carbocycles. The largest absolute Gasteiger partial charge is 0.379 e. The third-order valence-electron chi connectivity index (χ3n) is 5.09. The summed E-state index contributed by atoms with van der Waals surface area (Å²) >= 11 is 0. The number of ether oxygens (including phenoxy) is 1. The summed E-state index contributed by atoms with van der Waals surface area (Å²) in [6.07, 6.45) is 5.04. The van der Waals surface area contributed by atoms with Crippen LogP contribution in [0.5, 0.6) is 0 Å². The average Bonchev–Trinajstić information content (AvgIpc) is 3.24. The van der Waals surface area contributed by atoms with Crippen LogP contribution >= 0.6 is 0 Å². The van der Waals surface area contributed by atoms with Gasteiger partial charge >= 0.3 is 0 Å². The SMILES string of the molecule is Cc1nccn1-c1cc(CNS(=O)(=O)c2ccc(S(=O)(=O)N3CCOCC3)cc2)ccn1. The van der Waals surface area contributed by atoms with Crippen LogP contribution in [0.1, 0.15) is 11.4 Å². The summed E-state index contributed by atoms with van der Waals surface area (Å²) in [6.45, 7) is 3.13. The molecule has 170 valence electrons. The Morgan fingerprint density at radius 3 is 2.31 bits per heavy atom. The molecule has 32 heavy (non-hydrogen) atoms. The van der Waals surface area contributed by atoms with E-state index in [2.05, 4.69) is 14.7 Å². The maximum Gasteiger partial charge on any atom is 0.243 e. The summed E-state index contributed by atoms with van der Waals surface area (Å²) in [5.41, 5.74) is 0.721. The number of aryl methyl sites for hydroxylation is 1. The molecule has 10 nitrogen and oxygen atoms in total. The van der Waals surface area contributed by atoms with E-state index in [0.717, 1.165) is 11.4 Å². The highest BCUT2D eigenvalue weighted by molar-refractivity contribution is 7.89. The minimum Gasteiger partial charge on any atom is -0.379 e. The summed E-state index contributed by atoms with van der Waals surface area (Å²) < 4.78 is 61.7. The van der Waals surface area contributed by atoms with Crippen molar-refractivity contribution in [2.75, 3.05) is 26.3 Å². The molecule has 4 rings (SSSR count). The number of benzene rings is 1. The zero-order chi connectivity index (χ0) is 22.8. The molecule has 0 amide bonds. The molecule has 1 fully saturated rings. The molecule has 2 aromatic heterocycles. The molecule has 0 unspecified atom stereocenters. The van der Waals surface area contributed by atoms with Crippen molar-refractivity contribution in [2.45, 2.75) is 23.3 Å². The van der Waals surface area contributed by atoms with Crippen LogP contribution in [-0.2, 0) is 31.3 Å². The first-order valence-electron chi connectivity index (χ1n) is 9.90. The lowest BCUT2D eigenvalue weighted by atomic mass is 10.2. The summed E-state index contributed by atoms with van der Waals surface area (Å²) in [5.74, 6) is 1.40. The number of morpholine rings is 1. The van der Waals surface area contributed by atoms with Gasteiger partial charge in [-0.2, -0.15) is 4.31 Å². The van der Waals surface area contributed by atoms with Crippen molar-refractivity contribution in [1.29, 1.82) is 0 Å². The molecule has 0 bridgehead atoms. The number of sulfonamides is 2. The quantitative estimate of drug-likeness (QED) is 0.540. The number of rotatable bonds is 7. The lowest BCUT2D eigenvalue weighted by Crippen LogP contribution is -2.40. The molecule has 3 heterocycles. The molecule has 0 saturated carbocycles. The monoisotopic (exact) mass is 477 g/mol. The van der Waals surface area contributed by atoms with E-state index in [1.807, 2.05) is 6.92 Å². The Morgan fingerprint density at radius 1 is 0.969 bits per heavy atom. The minimum atomic E-state index is -3.84. The van der Waals surface area contributed by atoms with Gasteiger partial charge in [-0.3, -0.25) is 4.57 Å². The second-order valence-corrected chi connectivity index (χ2v) is 10.9. The van der Waals surface area contributed by atoms with Gasteiger partial charge in [0.2, 0.25) is 20.0 Å². The van der Waals surface area contributed by atoms with Crippen LogP contribution in [0.2, 0.25) is 0 Å². The molecule has 1 aromatic carbocycles. The molecule has 0 radical (unpaired) electrons. The topological polar surface area (TPSA) is 123 Å². The molecule has 1 N–H and O–H groups in total. The van der Waals surface area contributed by atoms with E-state index in [-0.39, 0.29) is 29.4 Å². The van der Waals surface area contributed by atoms with Gasteiger partial charge in [-0.15, -0.1) is 0 Å². The normalized spacial score (nSPS) is 15.7. The van der Waals surface area contributed by atoms with Gasteiger partial charge in [-0.05, 0) is 48.9 Å². The molecule has 3 aromatic rings. The maximum atomic E-state index is 12.7. The highest BCUT2D eigenvalue weighted by Crippen LogP contribution is 2.20. The van der Waals surface area contributed by atoms with E-state index in [4.69, 9.17) is 4.74 Å². The Kier molecular flexibility index (Phi) is 6.40. The predicted octanol–water partition coefficient (Wildman–Crippen LogP) is 1.08. The van der Waals surface area contributed by atoms with Gasteiger partial charge in [0, 0.05) is 38.2 Å². The zero-order valence-corrected chi connectivity index (χ0v) is 19.0. The van der Waals surface area contributed by atoms with E-state index in [9.17, 15) is 16.8 Å². The average molecular weight is 478 g/mol. The fourth-order valence-corrected chi connectivity index (χ4v) is 5.74. The van der Waals surface area contributed by atoms with Gasteiger partial charge in [0.1, 0.15) is 11.6 Å². The van der Waals surface area contributed by atoms with E-state index >= 15 is 0 Å². The zero-order valence-electron chi connectivity index (χ0n) is 17.4. The third kappa shape index (κ3) is 4.74. The Hall–Kier alpha value is -2.64. The molecule has 0 atom stereocenters. The molecule has 1 saturated heterocycles. The number of nitrogens with one attached hydrogen (secondary N) is 1. The Labute approximate surface area is 187 Å². The second kappa shape index (κ2) is 9.08. The van der Waals surface area contributed by atoms with E-state index in [1.54, 1.807) is 35.3 Å². The van der Waals surface area contributed by atoms with E-state index in [0.29, 0.717) is 19.0 Å². The number of nitrogens with zero attached hydrogens (tertiary/aromatic N) is 4. The highest BCUT2D eigenvalue weighted by atomic mass is 32.2. The van der Waals surface area contributed by atoms with Gasteiger partial charge in [-0.1, -0.05) is 0 Å². The molecular weight excluding hydrogens is 454 g/mol. The fraction of sp³-hybridized carbons (Fsp3) is 0.300. The predicted molar refractivity (Wildman–Crippen MR) is 116 cm³/mol. The summed E-state index contributed by atoms with van der Waals surface area (Å²) in [6, 6.07) is 8.70. The molecule has 1 aliphatic heterocycles. The third-order valence-corrected chi connectivity index (χ3v) is 8.42. The lowest BCUT2D eigenvalue weighted by Gasteiger charge is -2.26. The van der Waals surface area contributed by atoms with Crippen LogP contribution in [0, 0.1) is 6.92 Å². The van der Waals surface area contributed by atoms with Crippen LogP contribution < -0.4 is 4.72 Å². The summed E-state index contributed by atoms with van der Waals surface area (Å²) in [5, 5.41) is 0. The smallest absolute Gasteiger partial charge is 0.243 e. The van der Waals surface area contributed by atoms with Crippen molar-refractivity contribution in [1.82, 2.24) is 23.6 Å². The van der Waals surface area contributed by atoms with Crippen molar-refractivity contribution < 1.29 is 21.6 Å². The van der Waals surface area contributed by atoms with Gasteiger partial charge in [-0.25, -0.2) is 31.5 Å². The first-order chi connectivity index (χ1) is 15.3. The van der Waals surface area contributed by atoms with Gasteiger partial charge in [0.25, 0.3) is 0 Å². The maximum absolute atomic E-state index is 12.7. The number of aromatic nitrogens is 3. The first kappa shape index (κ1) is 22.6. The van der Waals surface area contributed by atoms with Gasteiger partial charge < -0.3 is 4.74 Å². The number of pyridine rings is 1. The van der Waals surface area contributed by atoms with Crippen LogP contribution in [-0.4, -0.2) is 62.0 Å². The van der Waals surface area contributed by atoms with Crippen molar-refractivity contribution >= 4 is 20.0 Å². The number of hydrogen-bond donors (Lipinski definition) is 1. The highest BCUT2D eigenvalue weighted by Gasteiger charge is 2.26. The number of imidazole rings is 1. The Balaban J connectivity index is 1.47. The van der Waals surface area contributed by atoms with E-state index in [1.165, 1.54) is 28.6 Å². The Morgan fingerprint density at radius 2 is 1.66 bits per heavy atom. The van der Waals surface area contributed by atoms with Crippen molar-refractivity contribution in [3.8, 4) is 5.82 Å². The van der Waals surface area contributed by atoms with Crippen molar-refractivity contribution in [2.24, 2.45) is 0 Å². The van der Waals surface area contributed by atoms with E-state index < -0.39 is 20.0 Å². The standard InChI is InChI=1S/C20H23N5O5S2/c1-16-21-8-9-25(16)20-14-17(6-7-22-20)15-23-31(26,27)18-2-4-19(5-3-18)32(28,29)24-10-12-30-13-11-24/h2-9,14,23H,10-13,15H2,1H3. The summed E-state index contributed by atoms with van der Waals surface area (Å²) in [4.78, 5) is 8.49. The molecule has 1 aliphatic rings. The second-order valence-electron chi connectivity index (χ2n) is 7.18. The van der Waals surface area contributed by atoms with Crippen LogP contribution in [0.25, 0.3) is 5.82 Å². The minimum absolute atomic E-state index is 0.0156.